The average Bonchev–Trinajstić information content (AvgIpc) is 2.81. The van der Waals surface area contributed by atoms with Gasteiger partial charge in [0.05, 0.1) is 16.6 Å². The van der Waals surface area contributed by atoms with Crippen LogP contribution in [0.4, 0.5) is 5.69 Å². The zero-order valence-corrected chi connectivity index (χ0v) is 9.80. The third kappa shape index (κ3) is 2.28. The number of nitro groups is 1. The quantitative estimate of drug-likeness (QED) is 0.492. The minimum Gasteiger partial charge on any atom is -0.454 e. The van der Waals surface area contributed by atoms with Crippen molar-refractivity contribution in [1.29, 1.82) is 0 Å². The van der Waals surface area contributed by atoms with E-state index >= 15 is 0 Å². The molecule has 0 aromatic heterocycles. The molecule has 0 fully saturated rings. The smallest absolute Gasteiger partial charge is 0.278 e. The van der Waals surface area contributed by atoms with Crippen LogP contribution in [0.25, 0.3) is 0 Å². The largest absolute Gasteiger partial charge is 0.454 e. The predicted molar refractivity (Wildman–Crippen MR) is 65.6 cm³/mol. The van der Waals surface area contributed by atoms with Crippen molar-refractivity contribution in [2.24, 2.45) is 5.73 Å². The Balaban J connectivity index is 2.37. The fourth-order valence-electron chi connectivity index (χ4n) is 1.85. The van der Waals surface area contributed by atoms with Crippen LogP contribution in [0.5, 0.6) is 11.5 Å². The third-order valence-electron chi connectivity index (χ3n) is 2.80. The molecule has 1 aromatic carbocycles. The van der Waals surface area contributed by atoms with Crippen LogP contribution in [0.2, 0.25) is 0 Å². The maximum absolute atomic E-state index is 11.0. The van der Waals surface area contributed by atoms with Crippen molar-refractivity contribution in [3.8, 4) is 11.5 Å². The maximum atomic E-state index is 11.0. The van der Waals surface area contributed by atoms with Gasteiger partial charge in [0.1, 0.15) is 0 Å². The van der Waals surface area contributed by atoms with E-state index in [-0.39, 0.29) is 12.5 Å². The van der Waals surface area contributed by atoms with Crippen LogP contribution in [0.3, 0.4) is 0 Å². The topological polar surface area (TPSA) is 87.6 Å². The van der Waals surface area contributed by atoms with Crippen LogP contribution in [0, 0.1) is 10.1 Å². The van der Waals surface area contributed by atoms with Crippen LogP contribution in [-0.2, 0) is 0 Å². The second kappa shape index (κ2) is 5.05. The van der Waals surface area contributed by atoms with Gasteiger partial charge in [-0.15, -0.1) is 6.58 Å². The van der Waals surface area contributed by atoms with Gasteiger partial charge in [-0.25, -0.2) is 0 Å². The average molecular weight is 250 g/mol. The summed E-state index contributed by atoms with van der Waals surface area (Å²) in [5.41, 5.74) is 6.40. The van der Waals surface area contributed by atoms with Gasteiger partial charge in [-0.1, -0.05) is 6.08 Å². The SMILES string of the molecule is C=CCC[C@H](N)c1cc2c(cc1[N+](=O)[O-])OCO2. The minimum absolute atomic E-state index is 0.0317. The predicted octanol–water partition coefficient (Wildman–Crippen LogP) is 2.29. The highest BCUT2D eigenvalue weighted by Gasteiger charge is 2.26. The first-order valence-electron chi connectivity index (χ1n) is 5.58. The van der Waals surface area contributed by atoms with Gasteiger partial charge in [-0.2, -0.15) is 0 Å². The number of rotatable bonds is 5. The third-order valence-corrected chi connectivity index (χ3v) is 2.80. The Morgan fingerprint density at radius 1 is 1.50 bits per heavy atom. The lowest BCUT2D eigenvalue weighted by atomic mass is 10.0. The normalized spacial score (nSPS) is 14.3. The molecule has 1 aromatic rings. The Morgan fingerprint density at radius 2 is 2.17 bits per heavy atom. The first kappa shape index (κ1) is 12.4. The molecule has 1 aliphatic rings. The summed E-state index contributed by atoms with van der Waals surface area (Å²) in [7, 11) is 0. The molecule has 0 unspecified atom stereocenters. The molecule has 0 saturated heterocycles. The zero-order valence-electron chi connectivity index (χ0n) is 9.80. The number of hydrogen-bond donors (Lipinski definition) is 1. The van der Waals surface area contributed by atoms with Gasteiger partial charge < -0.3 is 15.2 Å². The molecule has 1 heterocycles. The Kier molecular flexibility index (Phi) is 3.47. The number of allylic oxidation sites excluding steroid dienone is 1. The van der Waals surface area contributed by atoms with Gasteiger partial charge >= 0.3 is 0 Å². The van der Waals surface area contributed by atoms with Crippen LogP contribution < -0.4 is 15.2 Å². The van der Waals surface area contributed by atoms with E-state index in [1.807, 2.05) is 0 Å². The molecule has 6 nitrogen and oxygen atoms in total. The molecule has 2 rings (SSSR count). The van der Waals surface area contributed by atoms with Crippen molar-refractivity contribution in [3.63, 3.8) is 0 Å². The Hall–Kier alpha value is -2.08. The molecule has 96 valence electrons. The van der Waals surface area contributed by atoms with E-state index in [0.29, 0.717) is 29.9 Å². The van der Waals surface area contributed by atoms with Crippen molar-refractivity contribution in [2.45, 2.75) is 18.9 Å². The molecule has 0 aliphatic carbocycles. The zero-order chi connectivity index (χ0) is 13.1. The van der Waals surface area contributed by atoms with Crippen LogP contribution in [-0.4, -0.2) is 11.7 Å². The first-order chi connectivity index (χ1) is 8.63. The van der Waals surface area contributed by atoms with Crippen molar-refractivity contribution in [1.82, 2.24) is 0 Å². The van der Waals surface area contributed by atoms with Crippen molar-refractivity contribution >= 4 is 5.69 Å². The van der Waals surface area contributed by atoms with Gasteiger partial charge in [-0.3, -0.25) is 10.1 Å². The molecule has 0 radical (unpaired) electrons. The highest BCUT2D eigenvalue weighted by molar-refractivity contribution is 5.56. The van der Waals surface area contributed by atoms with Crippen LogP contribution >= 0.6 is 0 Å². The molecule has 0 bridgehead atoms. The summed E-state index contributed by atoms with van der Waals surface area (Å²) in [6, 6.07) is 2.54. The van der Waals surface area contributed by atoms with E-state index in [0.717, 1.165) is 0 Å². The molecule has 0 amide bonds. The number of ether oxygens (including phenoxy) is 2. The molecule has 1 aliphatic heterocycles. The Bertz CT molecular complexity index is 487. The standard InChI is InChI=1S/C12H14N2O4/c1-2-3-4-9(13)8-5-11-12(18-7-17-11)6-10(8)14(15)16/h2,5-6,9H,1,3-4,7,13H2/t9-/m0/s1. The van der Waals surface area contributed by atoms with Gasteiger partial charge in [0, 0.05) is 6.04 Å². The maximum Gasteiger partial charge on any atom is 0.278 e. The van der Waals surface area contributed by atoms with Gasteiger partial charge in [0.15, 0.2) is 11.5 Å². The van der Waals surface area contributed by atoms with E-state index in [1.165, 1.54) is 6.07 Å². The second-order valence-corrected chi connectivity index (χ2v) is 3.99. The Morgan fingerprint density at radius 3 is 2.78 bits per heavy atom. The first-order valence-corrected chi connectivity index (χ1v) is 5.58. The number of nitrogens with zero attached hydrogens (tertiary/aromatic N) is 1. The van der Waals surface area contributed by atoms with Gasteiger partial charge in [0.25, 0.3) is 5.69 Å². The molecular formula is C12H14N2O4. The molecular weight excluding hydrogens is 236 g/mol. The van der Waals surface area contributed by atoms with Crippen molar-refractivity contribution < 1.29 is 14.4 Å². The van der Waals surface area contributed by atoms with Crippen LogP contribution in [0.15, 0.2) is 24.8 Å². The fraction of sp³-hybridized carbons (Fsp3) is 0.333. The summed E-state index contributed by atoms with van der Waals surface area (Å²) >= 11 is 0. The summed E-state index contributed by atoms with van der Waals surface area (Å²) < 4.78 is 10.3. The van der Waals surface area contributed by atoms with E-state index in [1.54, 1.807) is 12.1 Å². The van der Waals surface area contributed by atoms with E-state index in [9.17, 15) is 10.1 Å². The summed E-state index contributed by atoms with van der Waals surface area (Å²) in [5, 5.41) is 11.0. The highest BCUT2D eigenvalue weighted by Crippen LogP contribution is 2.40. The number of hydrogen-bond acceptors (Lipinski definition) is 5. The summed E-state index contributed by atoms with van der Waals surface area (Å²) in [5.74, 6) is 0.894. The molecule has 0 saturated carbocycles. The number of nitro benzene ring substituents is 1. The highest BCUT2D eigenvalue weighted by atomic mass is 16.7. The van der Waals surface area contributed by atoms with Gasteiger partial charge in [0.2, 0.25) is 6.79 Å². The molecule has 18 heavy (non-hydrogen) atoms. The number of benzene rings is 1. The van der Waals surface area contributed by atoms with E-state index in [4.69, 9.17) is 15.2 Å². The minimum atomic E-state index is -0.453. The lowest BCUT2D eigenvalue weighted by Crippen LogP contribution is -2.12. The fourth-order valence-corrected chi connectivity index (χ4v) is 1.85. The number of nitrogens with two attached hydrogens (primary N) is 1. The molecule has 2 N–H and O–H groups in total. The second-order valence-electron chi connectivity index (χ2n) is 3.99. The summed E-state index contributed by atoms with van der Waals surface area (Å²) in [6.07, 6.45) is 3.04. The number of fused-ring (bicyclic) bond motifs is 1. The van der Waals surface area contributed by atoms with E-state index in [2.05, 4.69) is 6.58 Å². The molecule has 0 spiro atoms. The van der Waals surface area contributed by atoms with E-state index < -0.39 is 11.0 Å². The van der Waals surface area contributed by atoms with Crippen LogP contribution in [0.1, 0.15) is 24.4 Å². The van der Waals surface area contributed by atoms with Crippen molar-refractivity contribution in [2.75, 3.05) is 6.79 Å². The van der Waals surface area contributed by atoms with Gasteiger partial charge in [-0.05, 0) is 18.9 Å². The molecule has 1 atom stereocenters. The summed E-state index contributed by atoms with van der Waals surface area (Å²) in [6.45, 7) is 3.69. The summed E-state index contributed by atoms with van der Waals surface area (Å²) in [4.78, 5) is 10.6. The lowest BCUT2D eigenvalue weighted by molar-refractivity contribution is -0.385. The van der Waals surface area contributed by atoms with Crippen molar-refractivity contribution in [3.05, 3.63) is 40.5 Å². The Labute approximate surface area is 104 Å². The monoisotopic (exact) mass is 250 g/mol. The lowest BCUT2D eigenvalue weighted by Gasteiger charge is -2.11. The molecule has 6 heteroatoms.